The van der Waals surface area contributed by atoms with Crippen molar-refractivity contribution < 1.29 is 13.2 Å². The van der Waals surface area contributed by atoms with Gasteiger partial charge in [0.05, 0.1) is 5.75 Å². The number of benzene rings is 1. The summed E-state index contributed by atoms with van der Waals surface area (Å²) in [6.07, 6.45) is -4.11. The fourth-order valence-electron chi connectivity index (χ4n) is 0.721. The molecule has 0 unspecified atom stereocenters. The minimum Gasteiger partial charge on any atom is -0.170 e. The average Bonchev–Trinajstić information content (AvgIpc) is 2.01. The van der Waals surface area contributed by atoms with Crippen LogP contribution >= 0.6 is 27.7 Å². The van der Waals surface area contributed by atoms with Crippen molar-refractivity contribution in [1.29, 1.82) is 0 Å². The summed E-state index contributed by atoms with van der Waals surface area (Å²) in [5, 5.41) is 0. The normalized spacial score (nSPS) is 11.7. The van der Waals surface area contributed by atoms with Crippen LogP contribution in [-0.4, -0.2) is 11.9 Å². The predicted molar refractivity (Wildman–Crippen MR) is 50.9 cm³/mol. The van der Waals surface area contributed by atoms with Gasteiger partial charge in [0.1, 0.15) is 0 Å². The van der Waals surface area contributed by atoms with E-state index in [1.54, 1.807) is 24.3 Å². The zero-order chi connectivity index (χ0) is 9.90. The molecule has 1 aromatic carbocycles. The van der Waals surface area contributed by atoms with Crippen LogP contribution in [0.3, 0.4) is 0 Å². The van der Waals surface area contributed by atoms with Crippen LogP contribution in [0.1, 0.15) is 0 Å². The standard InChI is InChI=1S/C8H6BrF3S/c9-6-3-1-2-4-7(6)13-5-8(10,11)12/h1-4H,5H2. The molecular weight excluding hydrogens is 265 g/mol. The van der Waals surface area contributed by atoms with Crippen LogP contribution in [0.25, 0.3) is 0 Å². The summed E-state index contributed by atoms with van der Waals surface area (Å²) in [7, 11) is 0. The van der Waals surface area contributed by atoms with Crippen LogP contribution in [0, 0.1) is 0 Å². The van der Waals surface area contributed by atoms with Crippen molar-refractivity contribution in [3.05, 3.63) is 28.7 Å². The molecule has 0 bridgehead atoms. The topological polar surface area (TPSA) is 0 Å². The van der Waals surface area contributed by atoms with Crippen molar-refractivity contribution >= 4 is 27.7 Å². The molecule has 0 aliphatic rings. The van der Waals surface area contributed by atoms with Crippen LogP contribution in [0.2, 0.25) is 0 Å². The zero-order valence-electron chi connectivity index (χ0n) is 6.44. The first-order valence-electron chi connectivity index (χ1n) is 3.43. The monoisotopic (exact) mass is 270 g/mol. The fraction of sp³-hybridized carbons (Fsp3) is 0.250. The second-order valence-corrected chi connectivity index (χ2v) is 4.21. The summed E-state index contributed by atoms with van der Waals surface area (Å²) >= 11 is 3.96. The molecule has 13 heavy (non-hydrogen) atoms. The smallest absolute Gasteiger partial charge is 0.170 e. The van der Waals surface area contributed by atoms with Gasteiger partial charge < -0.3 is 0 Å². The summed E-state index contributed by atoms with van der Waals surface area (Å²) in [4.78, 5) is 0.611. The molecule has 0 radical (unpaired) electrons. The summed E-state index contributed by atoms with van der Waals surface area (Å²) in [6, 6.07) is 6.85. The minimum absolute atomic E-state index is 0.611. The number of alkyl halides is 3. The Morgan fingerprint density at radius 3 is 2.38 bits per heavy atom. The molecule has 0 N–H and O–H groups in total. The molecule has 0 spiro atoms. The van der Waals surface area contributed by atoms with Crippen LogP contribution in [0.5, 0.6) is 0 Å². The quantitative estimate of drug-likeness (QED) is 0.729. The second kappa shape index (κ2) is 4.37. The Morgan fingerprint density at radius 2 is 1.85 bits per heavy atom. The van der Waals surface area contributed by atoms with Gasteiger partial charge in [0, 0.05) is 9.37 Å². The van der Waals surface area contributed by atoms with E-state index in [1.807, 2.05) is 0 Å². The third-order valence-electron chi connectivity index (χ3n) is 1.23. The lowest BCUT2D eigenvalue weighted by molar-refractivity contribution is -0.105. The predicted octanol–water partition coefficient (Wildman–Crippen LogP) is 4.10. The van der Waals surface area contributed by atoms with Gasteiger partial charge in [0.15, 0.2) is 0 Å². The molecule has 0 fully saturated rings. The van der Waals surface area contributed by atoms with Crippen LogP contribution in [0.4, 0.5) is 13.2 Å². The Balaban J connectivity index is 2.60. The van der Waals surface area contributed by atoms with Crippen LogP contribution in [0.15, 0.2) is 33.6 Å². The van der Waals surface area contributed by atoms with E-state index >= 15 is 0 Å². The molecule has 0 heterocycles. The highest BCUT2D eigenvalue weighted by molar-refractivity contribution is 9.10. The summed E-state index contributed by atoms with van der Waals surface area (Å²) in [5.41, 5.74) is 0. The number of halogens is 4. The maximum atomic E-state index is 11.8. The lowest BCUT2D eigenvalue weighted by atomic mass is 10.4. The number of thioether (sulfide) groups is 1. The molecule has 0 atom stereocenters. The van der Waals surface area contributed by atoms with E-state index in [0.717, 1.165) is 11.8 Å². The summed E-state index contributed by atoms with van der Waals surface area (Å²) in [6.45, 7) is 0. The van der Waals surface area contributed by atoms with E-state index in [1.165, 1.54) is 0 Å². The Bertz CT molecular complexity index is 285. The molecule has 0 nitrogen and oxygen atoms in total. The highest BCUT2D eigenvalue weighted by Gasteiger charge is 2.27. The molecule has 0 aromatic heterocycles. The highest BCUT2D eigenvalue weighted by Crippen LogP contribution is 2.31. The Kier molecular flexibility index (Phi) is 3.67. The fourth-order valence-corrected chi connectivity index (χ4v) is 2.05. The lowest BCUT2D eigenvalue weighted by Gasteiger charge is -2.06. The highest BCUT2D eigenvalue weighted by atomic mass is 79.9. The van der Waals surface area contributed by atoms with Crippen molar-refractivity contribution in [2.45, 2.75) is 11.1 Å². The van der Waals surface area contributed by atoms with Crippen molar-refractivity contribution in [2.75, 3.05) is 5.75 Å². The zero-order valence-corrected chi connectivity index (χ0v) is 8.84. The Hall–Kier alpha value is -0.160. The number of rotatable bonds is 2. The van der Waals surface area contributed by atoms with Gasteiger partial charge in [0.25, 0.3) is 0 Å². The SMILES string of the molecule is FC(F)(F)CSc1ccccc1Br. The third kappa shape index (κ3) is 4.04. The number of hydrogen-bond donors (Lipinski definition) is 0. The van der Waals surface area contributed by atoms with Gasteiger partial charge in [-0.15, -0.1) is 11.8 Å². The largest absolute Gasteiger partial charge is 0.398 e. The van der Waals surface area contributed by atoms with E-state index in [-0.39, 0.29) is 0 Å². The van der Waals surface area contributed by atoms with Crippen LogP contribution < -0.4 is 0 Å². The molecule has 5 heteroatoms. The Morgan fingerprint density at radius 1 is 1.23 bits per heavy atom. The van der Waals surface area contributed by atoms with Crippen LogP contribution in [-0.2, 0) is 0 Å². The van der Waals surface area contributed by atoms with E-state index in [4.69, 9.17) is 0 Å². The average molecular weight is 271 g/mol. The molecule has 0 saturated carbocycles. The lowest BCUT2D eigenvalue weighted by Crippen LogP contribution is -2.10. The molecule has 0 amide bonds. The first-order valence-corrected chi connectivity index (χ1v) is 5.21. The van der Waals surface area contributed by atoms with Gasteiger partial charge in [-0.05, 0) is 28.1 Å². The molecule has 0 aliphatic heterocycles. The van der Waals surface area contributed by atoms with Crippen molar-refractivity contribution in [2.24, 2.45) is 0 Å². The molecule has 1 aromatic rings. The maximum Gasteiger partial charge on any atom is 0.398 e. The first kappa shape index (κ1) is 10.9. The van der Waals surface area contributed by atoms with Gasteiger partial charge >= 0.3 is 6.18 Å². The molecule has 72 valence electrons. The summed E-state index contributed by atoms with van der Waals surface area (Å²) < 4.78 is 36.2. The van der Waals surface area contributed by atoms with Crippen molar-refractivity contribution in [3.63, 3.8) is 0 Å². The van der Waals surface area contributed by atoms with E-state index < -0.39 is 11.9 Å². The number of hydrogen-bond acceptors (Lipinski definition) is 1. The van der Waals surface area contributed by atoms with E-state index in [9.17, 15) is 13.2 Å². The van der Waals surface area contributed by atoms with Crippen molar-refractivity contribution in [3.8, 4) is 0 Å². The Labute approximate surface area is 86.6 Å². The van der Waals surface area contributed by atoms with Crippen molar-refractivity contribution in [1.82, 2.24) is 0 Å². The van der Waals surface area contributed by atoms with E-state index in [2.05, 4.69) is 15.9 Å². The van der Waals surface area contributed by atoms with E-state index in [0.29, 0.717) is 9.37 Å². The van der Waals surface area contributed by atoms with Gasteiger partial charge in [-0.1, -0.05) is 12.1 Å². The molecule has 0 saturated heterocycles. The molecule has 1 rings (SSSR count). The van der Waals surface area contributed by atoms with Gasteiger partial charge in [0.2, 0.25) is 0 Å². The second-order valence-electron chi connectivity index (χ2n) is 2.33. The summed E-state index contributed by atoms with van der Waals surface area (Å²) in [5.74, 6) is -0.852. The van der Waals surface area contributed by atoms with Gasteiger partial charge in [-0.2, -0.15) is 13.2 Å². The minimum atomic E-state index is -4.11. The van der Waals surface area contributed by atoms with Gasteiger partial charge in [-0.25, -0.2) is 0 Å². The molecular formula is C8H6BrF3S. The third-order valence-corrected chi connectivity index (χ3v) is 3.32. The van der Waals surface area contributed by atoms with Gasteiger partial charge in [-0.3, -0.25) is 0 Å². The molecule has 0 aliphatic carbocycles. The first-order chi connectivity index (χ1) is 5.99. The maximum absolute atomic E-state index is 11.8.